The minimum Gasteiger partial charge on any atom is -0.455 e. The molecule has 1 fully saturated rings. The third-order valence-electron chi connectivity index (χ3n) is 3.73. The average Bonchev–Trinajstić information content (AvgIpc) is 2.63. The lowest BCUT2D eigenvalue weighted by Crippen LogP contribution is -2.41. The van der Waals surface area contributed by atoms with E-state index in [1.165, 1.54) is 6.21 Å². The van der Waals surface area contributed by atoms with Crippen LogP contribution in [0.3, 0.4) is 0 Å². The van der Waals surface area contributed by atoms with Gasteiger partial charge in [0.25, 0.3) is 11.9 Å². The molecule has 118 valence electrons. The van der Waals surface area contributed by atoms with E-state index in [0.717, 1.165) is 0 Å². The van der Waals surface area contributed by atoms with Crippen LogP contribution in [0.2, 0.25) is 5.02 Å². The van der Waals surface area contributed by atoms with Gasteiger partial charge in [0.2, 0.25) is 0 Å². The summed E-state index contributed by atoms with van der Waals surface area (Å²) in [5.74, 6) is -0.0140. The van der Waals surface area contributed by atoms with E-state index in [9.17, 15) is 4.79 Å². The quantitative estimate of drug-likeness (QED) is 0.684. The fraction of sp³-hybridized carbons (Fsp3) is 0.375. The van der Waals surface area contributed by atoms with Gasteiger partial charge in [-0.2, -0.15) is 5.10 Å². The minimum absolute atomic E-state index is 0.365. The van der Waals surface area contributed by atoms with Crippen LogP contribution >= 0.6 is 11.6 Å². The lowest BCUT2D eigenvalue weighted by molar-refractivity contribution is 0.00578. The molecule has 1 heterocycles. The second kappa shape index (κ2) is 6.01. The van der Waals surface area contributed by atoms with Gasteiger partial charge in [-0.1, -0.05) is 23.7 Å². The van der Waals surface area contributed by atoms with Gasteiger partial charge in [0.1, 0.15) is 11.2 Å². The zero-order chi connectivity index (χ0) is 16.4. The van der Waals surface area contributed by atoms with Crippen LogP contribution in [0.15, 0.2) is 41.4 Å². The third-order valence-corrected chi connectivity index (χ3v) is 4.06. The molecule has 1 aliphatic rings. The zero-order valence-corrected chi connectivity index (χ0v) is 13.8. The van der Waals surface area contributed by atoms with Gasteiger partial charge >= 0.3 is 0 Å². The van der Waals surface area contributed by atoms with E-state index in [4.69, 9.17) is 21.1 Å². The van der Waals surface area contributed by atoms with Gasteiger partial charge in [0, 0.05) is 6.08 Å². The van der Waals surface area contributed by atoms with E-state index in [2.05, 4.69) is 10.5 Å². The van der Waals surface area contributed by atoms with E-state index in [1.807, 2.05) is 27.7 Å². The summed E-state index contributed by atoms with van der Waals surface area (Å²) in [4.78, 5) is 11.9. The minimum atomic E-state index is -0.437. The molecular formula is C16H19ClN2O3. The summed E-state index contributed by atoms with van der Waals surface area (Å²) in [6.45, 7) is 7.79. The van der Waals surface area contributed by atoms with Gasteiger partial charge in [0.05, 0.1) is 16.8 Å². The first-order valence-corrected chi connectivity index (χ1v) is 7.27. The van der Waals surface area contributed by atoms with Crippen LogP contribution in [0.1, 0.15) is 38.1 Å². The smallest absolute Gasteiger partial charge is 0.282 e. The molecule has 1 aromatic rings. The second-order valence-electron chi connectivity index (χ2n) is 5.91. The molecule has 0 saturated carbocycles. The van der Waals surface area contributed by atoms with Crippen molar-refractivity contribution >= 4 is 23.7 Å². The molecule has 1 saturated heterocycles. The van der Waals surface area contributed by atoms with Crippen molar-refractivity contribution in [3.8, 4) is 0 Å². The largest absolute Gasteiger partial charge is 0.455 e. The Morgan fingerprint density at radius 3 is 2.36 bits per heavy atom. The van der Waals surface area contributed by atoms with Crippen molar-refractivity contribution in [1.29, 1.82) is 0 Å². The highest BCUT2D eigenvalue weighted by atomic mass is 35.5. The van der Waals surface area contributed by atoms with Crippen LogP contribution in [-0.2, 0) is 9.47 Å². The summed E-state index contributed by atoms with van der Waals surface area (Å²) in [6.07, 6.45) is 2.96. The van der Waals surface area contributed by atoms with E-state index >= 15 is 0 Å². The first-order chi connectivity index (χ1) is 10.2. The fourth-order valence-electron chi connectivity index (χ4n) is 1.74. The van der Waals surface area contributed by atoms with Crippen molar-refractivity contribution in [2.45, 2.75) is 38.9 Å². The highest BCUT2D eigenvalue weighted by Gasteiger charge is 2.48. The number of carbonyl (C=O) groups is 1. The summed E-state index contributed by atoms with van der Waals surface area (Å²) >= 11 is 5.93. The number of rotatable bonds is 3. The molecule has 0 aliphatic carbocycles. The highest BCUT2D eigenvalue weighted by Crippen LogP contribution is 2.39. The van der Waals surface area contributed by atoms with E-state index in [-0.39, 0.29) is 5.91 Å². The molecule has 5 nitrogen and oxygen atoms in total. The third kappa shape index (κ3) is 3.42. The molecule has 0 bridgehead atoms. The van der Waals surface area contributed by atoms with Gasteiger partial charge in [-0.05, 0) is 39.8 Å². The first-order valence-electron chi connectivity index (χ1n) is 6.89. The molecule has 0 unspecified atom stereocenters. The maximum Gasteiger partial charge on any atom is 0.282 e. The molecule has 1 aromatic carbocycles. The molecule has 1 N–H and O–H groups in total. The molecule has 6 heteroatoms. The van der Waals surface area contributed by atoms with E-state index < -0.39 is 11.2 Å². The topological polar surface area (TPSA) is 59.9 Å². The van der Waals surface area contributed by atoms with Crippen LogP contribution in [0.4, 0.5) is 0 Å². The molecule has 0 spiro atoms. The number of amides is 1. The Hall–Kier alpha value is -2.01. The van der Waals surface area contributed by atoms with E-state index in [0.29, 0.717) is 16.5 Å². The van der Waals surface area contributed by atoms with Crippen LogP contribution in [0, 0.1) is 0 Å². The molecular weight excluding hydrogens is 304 g/mol. The van der Waals surface area contributed by atoms with Crippen molar-refractivity contribution in [2.75, 3.05) is 0 Å². The fourth-order valence-corrected chi connectivity index (χ4v) is 1.96. The monoisotopic (exact) mass is 322 g/mol. The Kier molecular flexibility index (Phi) is 4.47. The van der Waals surface area contributed by atoms with Crippen molar-refractivity contribution in [2.24, 2.45) is 5.10 Å². The lowest BCUT2D eigenvalue weighted by Gasteiger charge is -2.28. The van der Waals surface area contributed by atoms with Crippen molar-refractivity contribution in [3.05, 3.63) is 46.9 Å². The first kappa shape index (κ1) is 16.4. The Labute approximate surface area is 134 Å². The van der Waals surface area contributed by atoms with Crippen molar-refractivity contribution in [1.82, 2.24) is 5.43 Å². The maximum absolute atomic E-state index is 11.9. The number of allylic oxidation sites excluding steroid dienone is 1. The highest BCUT2D eigenvalue weighted by molar-refractivity contribution is 6.33. The SMILES string of the molecule is CC1(C)OC(=C/C=N\NC(=O)c2ccccc2Cl)OC1(C)C. The van der Waals surface area contributed by atoms with Gasteiger partial charge in [-0.3, -0.25) is 4.79 Å². The van der Waals surface area contributed by atoms with Crippen LogP contribution in [0.25, 0.3) is 0 Å². The molecule has 2 rings (SSSR count). The standard InChI is InChI=1S/C16H19ClN2O3/c1-15(2)16(3,4)22-13(21-15)9-10-18-19-14(20)11-7-5-6-8-12(11)17/h5-10H,1-4H3,(H,19,20)/b18-10-. The van der Waals surface area contributed by atoms with Gasteiger partial charge in [-0.25, -0.2) is 5.43 Å². The number of nitrogens with zero attached hydrogens (tertiary/aromatic N) is 1. The summed E-state index contributed by atoms with van der Waals surface area (Å²) in [7, 11) is 0. The van der Waals surface area contributed by atoms with Gasteiger partial charge in [0.15, 0.2) is 0 Å². The van der Waals surface area contributed by atoms with Crippen LogP contribution in [0.5, 0.6) is 0 Å². The number of hydrogen-bond acceptors (Lipinski definition) is 4. The van der Waals surface area contributed by atoms with Crippen LogP contribution in [-0.4, -0.2) is 23.3 Å². The molecule has 22 heavy (non-hydrogen) atoms. The number of carbonyl (C=O) groups excluding carboxylic acids is 1. The predicted molar refractivity (Wildman–Crippen MR) is 85.8 cm³/mol. The predicted octanol–water partition coefficient (Wildman–Crippen LogP) is 3.50. The molecule has 0 radical (unpaired) electrons. The average molecular weight is 323 g/mol. The van der Waals surface area contributed by atoms with Crippen molar-refractivity contribution < 1.29 is 14.3 Å². The number of hydrazone groups is 1. The summed E-state index contributed by atoms with van der Waals surface area (Å²) in [6, 6.07) is 6.76. The summed E-state index contributed by atoms with van der Waals surface area (Å²) in [5, 5.41) is 4.20. The van der Waals surface area contributed by atoms with Crippen LogP contribution < -0.4 is 5.43 Å². The Balaban J connectivity index is 1.96. The number of nitrogens with one attached hydrogen (secondary N) is 1. The number of ether oxygens (including phenoxy) is 2. The summed E-state index contributed by atoms with van der Waals surface area (Å²) < 4.78 is 11.4. The lowest BCUT2D eigenvalue weighted by atomic mass is 9.90. The van der Waals surface area contributed by atoms with Gasteiger partial charge < -0.3 is 9.47 Å². The normalized spacial score (nSPS) is 18.7. The number of hydrogen-bond donors (Lipinski definition) is 1. The Morgan fingerprint density at radius 1 is 1.18 bits per heavy atom. The van der Waals surface area contributed by atoms with Gasteiger partial charge in [-0.15, -0.1) is 0 Å². The zero-order valence-electron chi connectivity index (χ0n) is 13.0. The van der Waals surface area contributed by atoms with E-state index in [1.54, 1.807) is 30.3 Å². The Bertz CT molecular complexity index is 618. The summed E-state index contributed by atoms with van der Waals surface area (Å²) in [5.41, 5.74) is 1.89. The molecule has 1 amide bonds. The maximum atomic E-state index is 11.9. The Morgan fingerprint density at radius 2 is 1.77 bits per heavy atom. The van der Waals surface area contributed by atoms with Crippen molar-refractivity contribution in [3.63, 3.8) is 0 Å². The molecule has 0 aromatic heterocycles. The number of halogens is 1. The molecule has 1 aliphatic heterocycles. The molecule has 0 atom stereocenters. The number of benzene rings is 1. The second-order valence-corrected chi connectivity index (χ2v) is 6.32.